The average Bonchev–Trinajstić information content (AvgIpc) is 3.08. The number of nitrogens with one attached hydrogen (secondary N) is 2. The molecule has 1 aliphatic heterocycles. The maximum Gasteiger partial charge on any atom is 0.231 e. The molecule has 126 valence electrons. The summed E-state index contributed by atoms with van der Waals surface area (Å²) in [5.41, 5.74) is 2.81. The summed E-state index contributed by atoms with van der Waals surface area (Å²) in [6.07, 6.45) is 3.56. The van der Waals surface area contributed by atoms with Crippen LogP contribution in [0.1, 0.15) is 11.3 Å². The molecule has 1 aromatic carbocycles. The number of rotatable bonds is 5. The zero-order chi connectivity index (χ0) is 17.1. The van der Waals surface area contributed by atoms with E-state index in [4.69, 9.17) is 9.47 Å². The lowest BCUT2D eigenvalue weighted by atomic mass is 10.2. The first kappa shape index (κ1) is 15.2. The minimum Gasteiger partial charge on any atom is -0.454 e. The molecule has 1 aliphatic rings. The van der Waals surface area contributed by atoms with E-state index in [9.17, 15) is 0 Å². The molecule has 0 amide bonds. The maximum absolute atomic E-state index is 5.40. The van der Waals surface area contributed by atoms with Crippen molar-refractivity contribution in [2.45, 2.75) is 13.5 Å². The van der Waals surface area contributed by atoms with Crippen LogP contribution in [0.2, 0.25) is 0 Å². The number of aromatic nitrogens is 3. The van der Waals surface area contributed by atoms with E-state index in [1.165, 1.54) is 0 Å². The van der Waals surface area contributed by atoms with Crippen LogP contribution in [-0.2, 0) is 6.54 Å². The van der Waals surface area contributed by atoms with Crippen LogP contribution >= 0.6 is 0 Å². The van der Waals surface area contributed by atoms with Gasteiger partial charge < -0.3 is 20.1 Å². The van der Waals surface area contributed by atoms with Crippen molar-refractivity contribution in [2.24, 2.45) is 0 Å². The van der Waals surface area contributed by atoms with Gasteiger partial charge in [0, 0.05) is 42.5 Å². The third kappa shape index (κ3) is 3.60. The van der Waals surface area contributed by atoms with E-state index in [1.807, 2.05) is 49.5 Å². The lowest BCUT2D eigenvalue weighted by molar-refractivity contribution is 0.174. The van der Waals surface area contributed by atoms with Crippen LogP contribution in [-0.4, -0.2) is 21.7 Å². The first-order chi connectivity index (χ1) is 12.3. The van der Waals surface area contributed by atoms with Gasteiger partial charge in [-0.3, -0.25) is 4.98 Å². The van der Waals surface area contributed by atoms with Crippen molar-refractivity contribution in [3.05, 3.63) is 60.0 Å². The van der Waals surface area contributed by atoms with E-state index in [1.54, 1.807) is 6.20 Å². The summed E-state index contributed by atoms with van der Waals surface area (Å²) in [5, 5.41) is 6.50. The summed E-state index contributed by atoms with van der Waals surface area (Å²) in [6, 6.07) is 11.5. The van der Waals surface area contributed by atoms with Gasteiger partial charge in [0.2, 0.25) is 12.7 Å². The van der Waals surface area contributed by atoms with Gasteiger partial charge in [0.1, 0.15) is 5.82 Å². The fourth-order valence-electron chi connectivity index (χ4n) is 2.52. The zero-order valence-electron chi connectivity index (χ0n) is 13.7. The molecule has 2 N–H and O–H groups in total. The molecule has 0 saturated carbocycles. The molecule has 4 rings (SSSR count). The predicted octanol–water partition coefficient (Wildman–Crippen LogP) is 3.26. The summed E-state index contributed by atoms with van der Waals surface area (Å²) < 4.78 is 10.7. The Bertz CT molecular complexity index is 886. The van der Waals surface area contributed by atoms with E-state index >= 15 is 0 Å². The number of anilines is 3. The smallest absolute Gasteiger partial charge is 0.231 e. The number of hydrogen-bond acceptors (Lipinski definition) is 7. The van der Waals surface area contributed by atoms with Crippen LogP contribution in [0.4, 0.5) is 17.5 Å². The largest absolute Gasteiger partial charge is 0.454 e. The molecular formula is C18H17N5O2. The van der Waals surface area contributed by atoms with Crippen molar-refractivity contribution >= 4 is 17.5 Å². The van der Waals surface area contributed by atoms with Gasteiger partial charge in [-0.1, -0.05) is 6.07 Å². The molecule has 3 heterocycles. The summed E-state index contributed by atoms with van der Waals surface area (Å²) in [4.78, 5) is 13.0. The molecule has 7 nitrogen and oxygen atoms in total. The molecule has 2 aromatic heterocycles. The Morgan fingerprint density at radius 2 is 2.00 bits per heavy atom. The van der Waals surface area contributed by atoms with Crippen LogP contribution in [0.25, 0.3) is 0 Å². The van der Waals surface area contributed by atoms with Gasteiger partial charge >= 0.3 is 0 Å². The number of fused-ring (bicyclic) bond motifs is 1. The van der Waals surface area contributed by atoms with Crippen LogP contribution in [0.3, 0.4) is 0 Å². The Morgan fingerprint density at radius 3 is 2.88 bits per heavy atom. The summed E-state index contributed by atoms with van der Waals surface area (Å²) in [5.74, 6) is 2.75. The Kier molecular flexibility index (Phi) is 4.04. The number of benzene rings is 1. The van der Waals surface area contributed by atoms with Crippen LogP contribution in [0.15, 0.2) is 48.8 Å². The molecule has 0 bridgehead atoms. The number of ether oxygens (including phenoxy) is 2. The number of nitrogens with zero attached hydrogens (tertiary/aromatic N) is 3. The number of hydrogen-bond donors (Lipinski definition) is 2. The van der Waals surface area contributed by atoms with Gasteiger partial charge in [-0.25, -0.2) is 4.98 Å². The van der Waals surface area contributed by atoms with Crippen molar-refractivity contribution in [3.63, 3.8) is 0 Å². The number of aryl methyl sites for hydroxylation is 1. The molecular weight excluding hydrogens is 318 g/mol. The van der Waals surface area contributed by atoms with Crippen LogP contribution in [0.5, 0.6) is 11.5 Å². The van der Waals surface area contributed by atoms with Crippen molar-refractivity contribution in [3.8, 4) is 11.5 Å². The molecule has 0 atom stereocenters. The van der Waals surface area contributed by atoms with Gasteiger partial charge in [0.15, 0.2) is 11.5 Å². The second kappa shape index (κ2) is 6.64. The van der Waals surface area contributed by atoms with Crippen LogP contribution in [0, 0.1) is 6.92 Å². The van der Waals surface area contributed by atoms with Gasteiger partial charge in [-0.05, 0) is 30.7 Å². The van der Waals surface area contributed by atoms with E-state index in [0.717, 1.165) is 28.4 Å². The highest BCUT2D eigenvalue weighted by atomic mass is 16.7. The molecule has 0 saturated heterocycles. The fourth-order valence-corrected chi connectivity index (χ4v) is 2.52. The highest BCUT2D eigenvalue weighted by Crippen LogP contribution is 2.35. The molecule has 0 radical (unpaired) electrons. The quantitative estimate of drug-likeness (QED) is 0.740. The third-order valence-corrected chi connectivity index (χ3v) is 3.67. The Hall–Kier alpha value is -3.35. The van der Waals surface area contributed by atoms with Gasteiger partial charge in [-0.15, -0.1) is 0 Å². The van der Waals surface area contributed by atoms with Crippen molar-refractivity contribution in [1.82, 2.24) is 15.0 Å². The fraction of sp³-hybridized carbons (Fsp3) is 0.167. The van der Waals surface area contributed by atoms with Crippen molar-refractivity contribution in [1.29, 1.82) is 0 Å². The minimum absolute atomic E-state index is 0.258. The maximum atomic E-state index is 5.40. The lowest BCUT2D eigenvalue weighted by Gasteiger charge is -2.10. The predicted molar refractivity (Wildman–Crippen MR) is 94.2 cm³/mol. The second-order valence-corrected chi connectivity index (χ2v) is 5.63. The lowest BCUT2D eigenvalue weighted by Crippen LogP contribution is -2.06. The molecule has 25 heavy (non-hydrogen) atoms. The second-order valence-electron chi connectivity index (χ2n) is 5.63. The van der Waals surface area contributed by atoms with Gasteiger partial charge in [-0.2, -0.15) is 4.98 Å². The Balaban J connectivity index is 1.49. The molecule has 3 aromatic rings. The van der Waals surface area contributed by atoms with E-state index < -0.39 is 0 Å². The molecule has 0 fully saturated rings. The summed E-state index contributed by atoms with van der Waals surface area (Å²) in [7, 11) is 0. The standard InChI is InChI=1S/C18H17N5O2/c1-12-7-17(22-14-4-5-15-16(8-14)25-11-24-15)23-18(21-12)20-10-13-3-2-6-19-9-13/h2-9H,10-11H2,1H3,(H2,20,21,22,23). The van der Waals surface area contributed by atoms with E-state index in [-0.39, 0.29) is 6.79 Å². The highest BCUT2D eigenvalue weighted by molar-refractivity contribution is 5.62. The Labute approximate surface area is 145 Å². The molecule has 0 unspecified atom stereocenters. The summed E-state index contributed by atoms with van der Waals surface area (Å²) >= 11 is 0. The number of pyridine rings is 1. The highest BCUT2D eigenvalue weighted by Gasteiger charge is 2.13. The third-order valence-electron chi connectivity index (χ3n) is 3.67. The minimum atomic E-state index is 0.258. The van der Waals surface area contributed by atoms with Gasteiger partial charge in [0.25, 0.3) is 0 Å². The zero-order valence-corrected chi connectivity index (χ0v) is 13.7. The van der Waals surface area contributed by atoms with E-state index in [2.05, 4.69) is 25.6 Å². The first-order valence-electron chi connectivity index (χ1n) is 7.91. The van der Waals surface area contributed by atoms with E-state index in [0.29, 0.717) is 18.3 Å². The van der Waals surface area contributed by atoms with Gasteiger partial charge in [0.05, 0.1) is 0 Å². The molecule has 7 heteroatoms. The average molecular weight is 335 g/mol. The summed E-state index contributed by atoms with van der Waals surface area (Å²) in [6.45, 7) is 2.80. The first-order valence-corrected chi connectivity index (χ1v) is 7.91. The topological polar surface area (TPSA) is 81.2 Å². The monoisotopic (exact) mass is 335 g/mol. The molecule has 0 spiro atoms. The van der Waals surface area contributed by atoms with Crippen molar-refractivity contribution < 1.29 is 9.47 Å². The normalized spacial score (nSPS) is 12.0. The SMILES string of the molecule is Cc1cc(Nc2ccc3c(c2)OCO3)nc(NCc2cccnc2)n1. The molecule has 0 aliphatic carbocycles. The Morgan fingerprint density at radius 1 is 1.08 bits per heavy atom. The van der Waals surface area contributed by atoms with Crippen molar-refractivity contribution in [2.75, 3.05) is 17.4 Å². The van der Waals surface area contributed by atoms with Crippen LogP contribution < -0.4 is 20.1 Å².